The fourth-order valence-electron chi connectivity index (χ4n) is 3.47. The Bertz CT molecular complexity index is 641. The zero-order chi connectivity index (χ0) is 17.3. The molecule has 1 aromatic heterocycles. The minimum Gasteiger partial charge on any atom is -0.354 e. The number of aromatic nitrogens is 1. The molecule has 1 aromatic rings. The van der Waals surface area contributed by atoms with Crippen LogP contribution in [0.1, 0.15) is 37.2 Å². The summed E-state index contributed by atoms with van der Waals surface area (Å²) in [6.07, 6.45) is 4.19. The van der Waals surface area contributed by atoms with E-state index in [0.717, 1.165) is 25.9 Å². The van der Waals surface area contributed by atoms with Crippen LogP contribution in [0.15, 0.2) is 12.3 Å². The normalized spacial score (nSPS) is 22.8. The topological polar surface area (TPSA) is 65.5 Å². The molecule has 7 heteroatoms. The third kappa shape index (κ3) is 3.40. The Hall–Kier alpha value is -2.02. The summed E-state index contributed by atoms with van der Waals surface area (Å²) in [7, 11) is 4.13. The summed E-state index contributed by atoms with van der Waals surface area (Å²) in [5.41, 5.74) is 0.532. The Morgan fingerprint density at radius 3 is 2.54 bits per heavy atom. The van der Waals surface area contributed by atoms with Gasteiger partial charge in [0.15, 0.2) is 11.6 Å². The third-order valence-electron chi connectivity index (χ3n) is 4.98. The number of carbonyl (C=O) groups is 2. The van der Waals surface area contributed by atoms with Gasteiger partial charge >= 0.3 is 0 Å². The molecule has 0 saturated carbocycles. The molecule has 0 bridgehead atoms. The summed E-state index contributed by atoms with van der Waals surface area (Å²) in [5.74, 6) is -1.20. The number of amides is 2. The van der Waals surface area contributed by atoms with Crippen molar-refractivity contribution in [2.24, 2.45) is 0 Å². The standard InChI is InChI=1S/C17H23FN4O2/c1-21(2)12-5-7-22(8-6-12)16-14(18)9-11(10-19-16)13-3-4-15(23)20-17(13)24/h9-10,12-13H,3-8H2,1-2H3,(H,20,23,24). The second kappa shape index (κ2) is 6.84. The lowest BCUT2D eigenvalue weighted by Gasteiger charge is -2.36. The Kier molecular flexibility index (Phi) is 4.80. The van der Waals surface area contributed by atoms with Crippen molar-refractivity contribution < 1.29 is 14.0 Å². The van der Waals surface area contributed by atoms with Gasteiger partial charge in [-0.15, -0.1) is 0 Å². The molecule has 2 saturated heterocycles. The summed E-state index contributed by atoms with van der Waals surface area (Å²) in [4.78, 5) is 31.6. The molecule has 24 heavy (non-hydrogen) atoms. The van der Waals surface area contributed by atoms with Gasteiger partial charge in [-0.2, -0.15) is 0 Å². The second-order valence-corrected chi connectivity index (χ2v) is 6.76. The predicted octanol–water partition coefficient (Wildman–Crippen LogP) is 1.27. The van der Waals surface area contributed by atoms with Gasteiger partial charge in [0, 0.05) is 31.7 Å². The van der Waals surface area contributed by atoms with E-state index >= 15 is 0 Å². The number of piperidine rings is 2. The first-order valence-electron chi connectivity index (χ1n) is 8.36. The summed E-state index contributed by atoms with van der Waals surface area (Å²) < 4.78 is 14.5. The van der Waals surface area contributed by atoms with Crippen LogP contribution in [0.25, 0.3) is 0 Å². The smallest absolute Gasteiger partial charge is 0.234 e. The van der Waals surface area contributed by atoms with Crippen molar-refractivity contribution in [3.05, 3.63) is 23.6 Å². The molecule has 2 aliphatic rings. The average molecular weight is 334 g/mol. The monoisotopic (exact) mass is 334 g/mol. The molecule has 0 spiro atoms. The zero-order valence-corrected chi connectivity index (χ0v) is 14.1. The van der Waals surface area contributed by atoms with E-state index in [-0.39, 0.29) is 18.2 Å². The summed E-state index contributed by atoms with van der Waals surface area (Å²) in [6, 6.07) is 1.91. The van der Waals surface area contributed by atoms with Crippen LogP contribution in [0.4, 0.5) is 10.2 Å². The number of hydrogen-bond acceptors (Lipinski definition) is 5. The van der Waals surface area contributed by atoms with Crippen LogP contribution in [0.2, 0.25) is 0 Å². The van der Waals surface area contributed by atoms with E-state index in [4.69, 9.17) is 0 Å². The Balaban J connectivity index is 1.71. The van der Waals surface area contributed by atoms with Crippen molar-refractivity contribution in [1.82, 2.24) is 15.2 Å². The molecular formula is C17H23FN4O2. The first-order valence-corrected chi connectivity index (χ1v) is 8.36. The van der Waals surface area contributed by atoms with Crippen LogP contribution < -0.4 is 10.2 Å². The largest absolute Gasteiger partial charge is 0.354 e. The molecule has 1 N–H and O–H groups in total. The second-order valence-electron chi connectivity index (χ2n) is 6.76. The zero-order valence-electron chi connectivity index (χ0n) is 14.1. The van der Waals surface area contributed by atoms with Crippen molar-refractivity contribution in [2.45, 2.75) is 37.6 Å². The minimum absolute atomic E-state index is 0.273. The molecule has 2 aliphatic heterocycles. The van der Waals surface area contributed by atoms with Gasteiger partial charge in [-0.1, -0.05) is 0 Å². The minimum atomic E-state index is -0.502. The highest BCUT2D eigenvalue weighted by Crippen LogP contribution is 2.28. The van der Waals surface area contributed by atoms with Crippen molar-refractivity contribution >= 4 is 17.6 Å². The number of hydrogen-bond donors (Lipinski definition) is 1. The maximum atomic E-state index is 14.5. The fraction of sp³-hybridized carbons (Fsp3) is 0.588. The van der Waals surface area contributed by atoms with Crippen molar-refractivity contribution in [2.75, 3.05) is 32.1 Å². The number of pyridine rings is 1. The van der Waals surface area contributed by atoms with Gasteiger partial charge in [-0.25, -0.2) is 9.37 Å². The molecule has 130 valence electrons. The lowest BCUT2D eigenvalue weighted by atomic mass is 9.91. The number of anilines is 1. The van der Waals surface area contributed by atoms with E-state index in [1.807, 2.05) is 4.90 Å². The van der Waals surface area contributed by atoms with Gasteiger partial charge in [0.05, 0.1) is 5.92 Å². The molecule has 0 radical (unpaired) electrons. The Labute approximate surface area is 141 Å². The van der Waals surface area contributed by atoms with E-state index in [0.29, 0.717) is 23.8 Å². The fourth-order valence-corrected chi connectivity index (χ4v) is 3.47. The van der Waals surface area contributed by atoms with E-state index in [2.05, 4.69) is 29.3 Å². The lowest BCUT2D eigenvalue weighted by molar-refractivity contribution is -0.134. The summed E-state index contributed by atoms with van der Waals surface area (Å²) in [5, 5.41) is 2.30. The summed E-state index contributed by atoms with van der Waals surface area (Å²) in [6.45, 7) is 1.54. The molecule has 3 rings (SSSR count). The van der Waals surface area contributed by atoms with Crippen LogP contribution >= 0.6 is 0 Å². The van der Waals surface area contributed by atoms with Gasteiger partial charge < -0.3 is 9.80 Å². The molecule has 1 atom stereocenters. The van der Waals surface area contributed by atoms with Crippen LogP contribution in [-0.4, -0.2) is 54.9 Å². The van der Waals surface area contributed by atoms with Gasteiger partial charge in [-0.3, -0.25) is 14.9 Å². The maximum absolute atomic E-state index is 14.5. The SMILES string of the molecule is CN(C)C1CCN(c2ncc(C3CCC(=O)NC3=O)cc2F)CC1. The number of nitrogens with zero attached hydrogens (tertiary/aromatic N) is 3. The molecule has 0 aromatic carbocycles. The highest BCUT2D eigenvalue weighted by Gasteiger charge is 2.30. The summed E-state index contributed by atoms with van der Waals surface area (Å²) >= 11 is 0. The molecule has 3 heterocycles. The maximum Gasteiger partial charge on any atom is 0.234 e. The molecule has 1 unspecified atom stereocenters. The molecule has 6 nitrogen and oxygen atoms in total. The predicted molar refractivity (Wildman–Crippen MR) is 88.2 cm³/mol. The average Bonchev–Trinajstić information content (AvgIpc) is 2.55. The number of carbonyl (C=O) groups excluding carboxylic acids is 2. The van der Waals surface area contributed by atoms with Gasteiger partial charge in [-0.05, 0) is 45.0 Å². The van der Waals surface area contributed by atoms with Crippen LogP contribution in [0, 0.1) is 5.82 Å². The van der Waals surface area contributed by atoms with Crippen LogP contribution in [-0.2, 0) is 9.59 Å². The Morgan fingerprint density at radius 1 is 1.25 bits per heavy atom. The molecule has 2 amide bonds. The first-order chi connectivity index (χ1) is 11.5. The first kappa shape index (κ1) is 16.8. The van der Waals surface area contributed by atoms with Crippen LogP contribution in [0.3, 0.4) is 0 Å². The van der Waals surface area contributed by atoms with E-state index in [1.165, 1.54) is 6.07 Å². The van der Waals surface area contributed by atoms with E-state index < -0.39 is 11.7 Å². The van der Waals surface area contributed by atoms with Gasteiger partial charge in [0.2, 0.25) is 11.8 Å². The molecular weight excluding hydrogens is 311 g/mol. The van der Waals surface area contributed by atoms with E-state index in [1.54, 1.807) is 6.20 Å². The highest BCUT2D eigenvalue weighted by atomic mass is 19.1. The van der Waals surface area contributed by atoms with Gasteiger partial charge in [0.1, 0.15) is 0 Å². The molecule has 0 aliphatic carbocycles. The third-order valence-corrected chi connectivity index (χ3v) is 4.98. The Morgan fingerprint density at radius 2 is 1.96 bits per heavy atom. The van der Waals surface area contributed by atoms with E-state index in [9.17, 15) is 14.0 Å². The molecule has 2 fully saturated rings. The highest BCUT2D eigenvalue weighted by molar-refractivity contribution is 6.00. The lowest BCUT2D eigenvalue weighted by Crippen LogP contribution is -2.42. The number of nitrogens with one attached hydrogen (secondary N) is 1. The number of rotatable bonds is 3. The van der Waals surface area contributed by atoms with Crippen LogP contribution in [0.5, 0.6) is 0 Å². The number of halogens is 1. The van der Waals surface area contributed by atoms with Crippen molar-refractivity contribution in [3.63, 3.8) is 0 Å². The number of imide groups is 1. The quantitative estimate of drug-likeness (QED) is 0.844. The van der Waals surface area contributed by atoms with Crippen molar-refractivity contribution in [1.29, 1.82) is 0 Å². The van der Waals surface area contributed by atoms with Gasteiger partial charge in [0.25, 0.3) is 0 Å². The van der Waals surface area contributed by atoms with Crippen molar-refractivity contribution in [3.8, 4) is 0 Å².